The number of rotatable bonds is 8. The van der Waals surface area contributed by atoms with E-state index in [0.717, 1.165) is 35.7 Å². The number of carbonyl (C=O) groups is 1. The molecule has 1 N–H and O–H groups in total. The topological polar surface area (TPSA) is 75.9 Å². The van der Waals surface area contributed by atoms with Crippen LogP contribution < -0.4 is 10.2 Å². The minimum atomic E-state index is -0.351. The van der Waals surface area contributed by atoms with Crippen molar-refractivity contribution < 1.29 is 4.79 Å². The lowest BCUT2D eigenvalue weighted by atomic mass is 10.1. The van der Waals surface area contributed by atoms with E-state index >= 15 is 0 Å². The number of nitrogens with one attached hydrogen (secondary N) is 1. The van der Waals surface area contributed by atoms with E-state index in [1.807, 2.05) is 49.4 Å². The molecular formula is C28H30N6OS. The number of amides is 1. The first-order valence-corrected chi connectivity index (χ1v) is 13.3. The van der Waals surface area contributed by atoms with Crippen molar-refractivity contribution in [3.63, 3.8) is 0 Å². The Kier molecular flexibility index (Phi) is 7.61. The zero-order valence-electron chi connectivity index (χ0n) is 20.4. The summed E-state index contributed by atoms with van der Waals surface area (Å²) in [5.41, 5.74) is 4.09. The molecule has 36 heavy (non-hydrogen) atoms. The SMILES string of the molecule is CC(Sc1nnc(-c2ccncc2)n1Cc1ccccc1)C(=O)Nc1ccc(N2CCCCC2)cc1. The van der Waals surface area contributed by atoms with Gasteiger partial charge in [0.15, 0.2) is 11.0 Å². The van der Waals surface area contributed by atoms with Gasteiger partial charge in [-0.15, -0.1) is 10.2 Å². The molecule has 184 valence electrons. The second-order valence-corrected chi connectivity index (χ2v) is 10.3. The van der Waals surface area contributed by atoms with Gasteiger partial charge in [-0.3, -0.25) is 14.3 Å². The van der Waals surface area contributed by atoms with Crippen LogP contribution in [0.15, 0.2) is 84.3 Å². The summed E-state index contributed by atoms with van der Waals surface area (Å²) in [6.07, 6.45) is 7.28. The first-order chi connectivity index (χ1) is 17.7. The van der Waals surface area contributed by atoms with E-state index in [1.54, 1.807) is 12.4 Å². The Bertz CT molecular complexity index is 1270. The predicted molar refractivity (Wildman–Crippen MR) is 145 cm³/mol. The fourth-order valence-corrected chi connectivity index (χ4v) is 5.21. The Hall–Kier alpha value is -3.65. The first-order valence-electron chi connectivity index (χ1n) is 12.4. The smallest absolute Gasteiger partial charge is 0.237 e. The van der Waals surface area contributed by atoms with Crippen LogP contribution in [0.4, 0.5) is 11.4 Å². The molecule has 0 saturated carbocycles. The molecule has 5 rings (SSSR count). The molecule has 3 heterocycles. The third-order valence-electron chi connectivity index (χ3n) is 6.35. The Labute approximate surface area is 216 Å². The Balaban J connectivity index is 1.29. The van der Waals surface area contributed by atoms with Gasteiger partial charge in [0, 0.05) is 42.4 Å². The molecule has 1 fully saturated rings. The van der Waals surface area contributed by atoms with Gasteiger partial charge in [0.1, 0.15) is 0 Å². The summed E-state index contributed by atoms with van der Waals surface area (Å²) in [5, 5.41) is 12.3. The third kappa shape index (κ3) is 5.76. The molecule has 1 aliphatic heterocycles. The van der Waals surface area contributed by atoms with Crippen molar-refractivity contribution in [2.45, 2.75) is 43.1 Å². The summed E-state index contributed by atoms with van der Waals surface area (Å²) in [5.74, 6) is 0.690. The molecule has 0 radical (unpaired) electrons. The summed E-state index contributed by atoms with van der Waals surface area (Å²) in [6.45, 7) is 4.71. The van der Waals surface area contributed by atoms with Crippen LogP contribution in [-0.2, 0) is 11.3 Å². The minimum Gasteiger partial charge on any atom is -0.372 e. The molecule has 1 unspecified atom stereocenters. The molecule has 8 heteroatoms. The summed E-state index contributed by atoms with van der Waals surface area (Å²) in [7, 11) is 0. The van der Waals surface area contributed by atoms with Crippen LogP contribution in [0.25, 0.3) is 11.4 Å². The van der Waals surface area contributed by atoms with Crippen molar-refractivity contribution >= 4 is 29.0 Å². The summed E-state index contributed by atoms with van der Waals surface area (Å²) in [6, 6.07) is 22.2. The minimum absolute atomic E-state index is 0.0644. The maximum absolute atomic E-state index is 13.0. The molecule has 2 aromatic heterocycles. The number of pyridine rings is 1. The Morgan fingerprint density at radius 3 is 2.39 bits per heavy atom. The number of hydrogen-bond acceptors (Lipinski definition) is 6. The van der Waals surface area contributed by atoms with E-state index in [4.69, 9.17) is 0 Å². The molecule has 1 atom stereocenters. The predicted octanol–water partition coefficient (Wildman–Crippen LogP) is 5.50. The molecule has 1 aliphatic rings. The van der Waals surface area contributed by atoms with Crippen LogP contribution in [0.1, 0.15) is 31.7 Å². The van der Waals surface area contributed by atoms with Crippen molar-refractivity contribution in [1.82, 2.24) is 19.7 Å². The van der Waals surface area contributed by atoms with E-state index in [-0.39, 0.29) is 11.2 Å². The van der Waals surface area contributed by atoms with Gasteiger partial charge in [0.2, 0.25) is 5.91 Å². The number of aromatic nitrogens is 4. The van der Waals surface area contributed by atoms with Crippen LogP contribution in [0.2, 0.25) is 0 Å². The molecule has 1 saturated heterocycles. The zero-order valence-corrected chi connectivity index (χ0v) is 21.2. The summed E-state index contributed by atoms with van der Waals surface area (Å²) >= 11 is 1.41. The zero-order chi connectivity index (χ0) is 24.7. The van der Waals surface area contributed by atoms with Crippen molar-refractivity contribution in [3.8, 4) is 11.4 Å². The largest absolute Gasteiger partial charge is 0.372 e. The van der Waals surface area contributed by atoms with Gasteiger partial charge in [-0.2, -0.15) is 0 Å². The molecule has 0 bridgehead atoms. The van der Waals surface area contributed by atoms with Gasteiger partial charge < -0.3 is 10.2 Å². The number of anilines is 2. The molecule has 1 amide bonds. The van der Waals surface area contributed by atoms with E-state index < -0.39 is 0 Å². The van der Waals surface area contributed by atoms with Crippen LogP contribution in [0.3, 0.4) is 0 Å². The second kappa shape index (κ2) is 11.4. The molecule has 4 aromatic rings. The van der Waals surface area contributed by atoms with Gasteiger partial charge >= 0.3 is 0 Å². The van der Waals surface area contributed by atoms with Gasteiger partial charge in [0.25, 0.3) is 0 Å². The van der Waals surface area contributed by atoms with Crippen LogP contribution in [0.5, 0.6) is 0 Å². The molecule has 0 spiro atoms. The maximum atomic E-state index is 13.0. The van der Waals surface area contributed by atoms with Crippen LogP contribution >= 0.6 is 11.8 Å². The van der Waals surface area contributed by atoms with Crippen LogP contribution in [0, 0.1) is 0 Å². The van der Waals surface area contributed by atoms with Gasteiger partial charge in [-0.25, -0.2) is 0 Å². The summed E-state index contributed by atoms with van der Waals surface area (Å²) in [4.78, 5) is 19.6. The van der Waals surface area contributed by atoms with Gasteiger partial charge in [-0.05, 0) is 68.1 Å². The standard InChI is InChI=1S/C28H30N6OS/c1-21(27(35)30-24-10-12-25(13-11-24)33-18-6-3-7-19-33)36-28-32-31-26(23-14-16-29-17-15-23)34(28)20-22-8-4-2-5-9-22/h2,4-5,8-17,21H,3,6-7,18-20H2,1H3,(H,30,35). The van der Waals surface area contributed by atoms with E-state index in [1.165, 1.54) is 36.7 Å². The number of thioether (sulfide) groups is 1. The number of carbonyl (C=O) groups excluding carboxylic acids is 1. The molecule has 7 nitrogen and oxygen atoms in total. The Morgan fingerprint density at radius 1 is 0.944 bits per heavy atom. The summed E-state index contributed by atoms with van der Waals surface area (Å²) < 4.78 is 2.06. The van der Waals surface area contributed by atoms with Crippen molar-refractivity contribution in [2.75, 3.05) is 23.3 Å². The highest BCUT2D eigenvalue weighted by Gasteiger charge is 2.21. The third-order valence-corrected chi connectivity index (χ3v) is 7.43. The van der Waals surface area contributed by atoms with E-state index in [9.17, 15) is 4.79 Å². The lowest BCUT2D eigenvalue weighted by molar-refractivity contribution is -0.115. The second-order valence-electron chi connectivity index (χ2n) is 8.96. The molecule has 0 aliphatic carbocycles. The molecule has 2 aromatic carbocycles. The van der Waals surface area contributed by atoms with Gasteiger partial charge in [0.05, 0.1) is 11.8 Å². The lowest BCUT2D eigenvalue weighted by Gasteiger charge is -2.28. The highest BCUT2D eigenvalue weighted by atomic mass is 32.2. The van der Waals surface area contributed by atoms with Crippen molar-refractivity contribution in [2.24, 2.45) is 0 Å². The number of piperidine rings is 1. The highest BCUT2D eigenvalue weighted by molar-refractivity contribution is 8.00. The average molecular weight is 499 g/mol. The maximum Gasteiger partial charge on any atom is 0.237 e. The average Bonchev–Trinajstić information content (AvgIpc) is 3.32. The van der Waals surface area contributed by atoms with E-state index in [0.29, 0.717) is 11.7 Å². The quantitative estimate of drug-likeness (QED) is 0.324. The number of hydrogen-bond donors (Lipinski definition) is 1. The Morgan fingerprint density at radius 2 is 1.67 bits per heavy atom. The lowest BCUT2D eigenvalue weighted by Crippen LogP contribution is -2.29. The van der Waals surface area contributed by atoms with Gasteiger partial charge in [-0.1, -0.05) is 42.1 Å². The number of nitrogens with zero attached hydrogens (tertiary/aromatic N) is 5. The highest BCUT2D eigenvalue weighted by Crippen LogP contribution is 2.29. The molecular weight excluding hydrogens is 468 g/mol. The fraction of sp³-hybridized carbons (Fsp3) is 0.286. The number of benzene rings is 2. The monoisotopic (exact) mass is 498 g/mol. The van der Waals surface area contributed by atoms with Crippen molar-refractivity contribution in [3.05, 3.63) is 84.7 Å². The van der Waals surface area contributed by atoms with E-state index in [2.05, 4.69) is 54.2 Å². The van der Waals surface area contributed by atoms with Crippen LogP contribution in [-0.4, -0.2) is 44.0 Å². The van der Waals surface area contributed by atoms with Crippen molar-refractivity contribution in [1.29, 1.82) is 0 Å². The first kappa shape index (κ1) is 24.1. The fourth-order valence-electron chi connectivity index (χ4n) is 4.36. The normalized spacial score (nSPS) is 14.4.